The molecular weight excluding hydrogens is 440 g/mol. The molecule has 1 aliphatic heterocycles. The first-order valence-electron chi connectivity index (χ1n) is 9.63. The van der Waals surface area contributed by atoms with E-state index in [1.54, 1.807) is 30.2 Å². The standard InChI is InChI=1S/C21H22N2O6S2/c1-27-17-6-5-14(10-18(17)28-2)12-23(15-7-9-31(25,26)13-15)21(24)16-11-19(29-22-16)20-4-3-8-30-20/h3-6,8,10-11,15H,7,9,12-13H2,1-2H3/t15-/m1/s1. The second-order valence-corrected chi connectivity index (χ2v) is 10.4. The maximum atomic E-state index is 13.4. The number of carbonyl (C=O) groups excluding carboxylic acids is 1. The van der Waals surface area contributed by atoms with E-state index in [0.717, 1.165) is 10.4 Å². The Morgan fingerprint density at radius 3 is 2.68 bits per heavy atom. The highest BCUT2D eigenvalue weighted by Crippen LogP contribution is 2.30. The third kappa shape index (κ3) is 4.59. The van der Waals surface area contributed by atoms with Crippen LogP contribution in [0.4, 0.5) is 0 Å². The Kier molecular flexibility index (Phi) is 6.01. The molecule has 0 spiro atoms. The smallest absolute Gasteiger partial charge is 0.276 e. The van der Waals surface area contributed by atoms with Crippen molar-refractivity contribution in [2.45, 2.75) is 19.0 Å². The van der Waals surface area contributed by atoms with Crippen molar-refractivity contribution in [3.05, 3.63) is 53.0 Å². The van der Waals surface area contributed by atoms with Crippen LogP contribution in [0.1, 0.15) is 22.5 Å². The molecule has 4 rings (SSSR count). The van der Waals surface area contributed by atoms with Gasteiger partial charge in [-0.05, 0) is 35.6 Å². The lowest BCUT2D eigenvalue weighted by Crippen LogP contribution is -2.40. The predicted octanol–water partition coefficient (Wildman–Crippen LogP) is 3.25. The Balaban J connectivity index is 1.64. The molecule has 31 heavy (non-hydrogen) atoms. The lowest BCUT2D eigenvalue weighted by Gasteiger charge is -2.27. The fourth-order valence-electron chi connectivity index (χ4n) is 3.62. The summed E-state index contributed by atoms with van der Waals surface area (Å²) in [5.41, 5.74) is 0.936. The van der Waals surface area contributed by atoms with Crippen molar-refractivity contribution < 1.29 is 27.2 Å². The Morgan fingerprint density at radius 2 is 2.03 bits per heavy atom. The quantitative estimate of drug-likeness (QED) is 0.531. The van der Waals surface area contributed by atoms with Crippen LogP contribution in [-0.2, 0) is 16.4 Å². The number of rotatable bonds is 7. The van der Waals surface area contributed by atoms with Gasteiger partial charge in [-0.1, -0.05) is 17.3 Å². The van der Waals surface area contributed by atoms with Crippen molar-refractivity contribution in [1.82, 2.24) is 10.1 Å². The molecule has 1 saturated heterocycles. The van der Waals surface area contributed by atoms with Crippen molar-refractivity contribution in [2.75, 3.05) is 25.7 Å². The number of nitrogens with zero attached hydrogens (tertiary/aromatic N) is 2. The van der Waals surface area contributed by atoms with Gasteiger partial charge in [0, 0.05) is 18.7 Å². The van der Waals surface area contributed by atoms with Gasteiger partial charge in [-0.25, -0.2) is 8.42 Å². The first kappa shape index (κ1) is 21.4. The number of thiophene rings is 1. The number of aromatic nitrogens is 1. The lowest BCUT2D eigenvalue weighted by molar-refractivity contribution is 0.0670. The van der Waals surface area contributed by atoms with Crippen molar-refractivity contribution in [3.63, 3.8) is 0 Å². The van der Waals surface area contributed by atoms with E-state index < -0.39 is 15.9 Å². The van der Waals surface area contributed by atoms with E-state index in [9.17, 15) is 13.2 Å². The van der Waals surface area contributed by atoms with E-state index in [-0.39, 0.29) is 29.7 Å². The molecule has 0 saturated carbocycles. The SMILES string of the molecule is COc1ccc(CN(C(=O)c2cc(-c3cccs3)on2)[C@@H]2CCS(=O)(=O)C2)cc1OC. The van der Waals surface area contributed by atoms with Crippen molar-refractivity contribution in [1.29, 1.82) is 0 Å². The number of sulfone groups is 1. The van der Waals surface area contributed by atoms with Crippen LogP contribution in [0.5, 0.6) is 11.5 Å². The van der Waals surface area contributed by atoms with Gasteiger partial charge >= 0.3 is 0 Å². The molecule has 1 aliphatic rings. The molecule has 0 radical (unpaired) electrons. The van der Waals surface area contributed by atoms with E-state index in [0.29, 0.717) is 23.7 Å². The van der Waals surface area contributed by atoms with Gasteiger partial charge in [0.25, 0.3) is 5.91 Å². The zero-order chi connectivity index (χ0) is 22.0. The summed E-state index contributed by atoms with van der Waals surface area (Å²) in [5.74, 6) is 1.23. The first-order valence-corrected chi connectivity index (χ1v) is 12.3. The summed E-state index contributed by atoms with van der Waals surface area (Å²) in [7, 11) is -0.0976. The summed E-state index contributed by atoms with van der Waals surface area (Å²) in [5, 5.41) is 5.86. The second kappa shape index (κ2) is 8.72. The molecule has 0 N–H and O–H groups in total. The minimum atomic E-state index is -3.18. The van der Waals surface area contributed by atoms with Gasteiger partial charge in [0.05, 0.1) is 30.6 Å². The summed E-state index contributed by atoms with van der Waals surface area (Å²) in [6, 6.07) is 10.3. The molecule has 3 heterocycles. The van der Waals surface area contributed by atoms with Crippen LogP contribution in [0, 0.1) is 0 Å². The average Bonchev–Trinajstić information content (AvgIpc) is 3.51. The molecule has 0 unspecified atom stereocenters. The Morgan fingerprint density at radius 1 is 1.23 bits per heavy atom. The van der Waals surface area contributed by atoms with Crippen molar-refractivity contribution in [3.8, 4) is 22.1 Å². The number of hydrogen-bond donors (Lipinski definition) is 0. The van der Waals surface area contributed by atoms with E-state index >= 15 is 0 Å². The molecule has 10 heteroatoms. The summed E-state index contributed by atoms with van der Waals surface area (Å²) >= 11 is 1.48. The number of hydrogen-bond acceptors (Lipinski definition) is 8. The number of ether oxygens (including phenoxy) is 2. The largest absolute Gasteiger partial charge is 0.493 e. The molecule has 1 aromatic carbocycles. The Hall–Kier alpha value is -2.85. The second-order valence-electron chi connectivity index (χ2n) is 7.23. The van der Waals surface area contributed by atoms with Gasteiger partial charge < -0.3 is 18.9 Å². The molecule has 164 valence electrons. The van der Waals surface area contributed by atoms with Crippen LogP contribution in [0.25, 0.3) is 10.6 Å². The zero-order valence-corrected chi connectivity index (χ0v) is 18.7. The zero-order valence-electron chi connectivity index (χ0n) is 17.1. The maximum Gasteiger partial charge on any atom is 0.276 e. The summed E-state index contributed by atoms with van der Waals surface area (Å²) in [4.78, 5) is 15.8. The summed E-state index contributed by atoms with van der Waals surface area (Å²) in [6.07, 6.45) is 0.386. The van der Waals surface area contributed by atoms with Crippen LogP contribution >= 0.6 is 11.3 Å². The highest BCUT2D eigenvalue weighted by Gasteiger charge is 2.36. The molecule has 8 nitrogen and oxygen atoms in total. The fraction of sp³-hybridized carbons (Fsp3) is 0.333. The van der Waals surface area contributed by atoms with Gasteiger partial charge in [0.1, 0.15) is 0 Å². The predicted molar refractivity (Wildman–Crippen MR) is 116 cm³/mol. The van der Waals surface area contributed by atoms with E-state index in [2.05, 4.69) is 5.16 Å². The van der Waals surface area contributed by atoms with Crippen LogP contribution in [0.3, 0.4) is 0 Å². The Labute approximate surface area is 184 Å². The monoisotopic (exact) mass is 462 g/mol. The average molecular weight is 463 g/mol. The molecule has 1 amide bonds. The molecule has 3 aromatic rings. The lowest BCUT2D eigenvalue weighted by atomic mass is 10.1. The van der Waals surface area contributed by atoms with Gasteiger partial charge in [-0.2, -0.15) is 0 Å². The van der Waals surface area contributed by atoms with Crippen molar-refractivity contribution >= 4 is 27.1 Å². The Bertz CT molecular complexity index is 1170. The topological polar surface area (TPSA) is 98.9 Å². The molecule has 1 atom stereocenters. The summed E-state index contributed by atoms with van der Waals surface area (Å²) in [6.45, 7) is 0.209. The molecule has 2 aromatic heterocycles. The van der Waals surface area contributed by atoms with E-state index in [1.807, 2.05) is 23.6 Å². The van der Waals surface area contributed by atoms with E-state index in [1.165, 1.54) is 18.4 Å². The van der Waals surface area contributed by atoms with Gasteiger partial charge in [0.2, 0.25) is 0 Å². The van der Waals surface area contributed by atoms with Crippen LogP contribution < -0.4 is 9.47 Å². The number of amides is 1. The molecular formula is C21H22N2O6S2. The molecule has 1 fully saturated rings. The third-order valence-electron chi connectivity index (χ3n) is 5.20. The van der Waals surface area contributed by atoms with Crippen LogP contribution in [0.2, 0.25) is 0 Å². The van der Waals surface area contributed by atoms with Crippen LogP contribution in [0.15, 0.2) is 46.3 Å². The highest BCUT2D eigenvalue weighted by atomic mass is 32.2. The number of benzene rings is 1. The summed E-state index contributed by atoms with van der Waals surface area (Å²) < 4.78 is 40.2. The van der Waals surface area contributed by atoms with Crippen LogP contribution in [-0.4, -0.2) is 56.1 Å². The molecule has 0 aliphatic carbocycles. The van der Waals surface area contributed by atoms with Crippen molar-refractivity contribution in [2.24, 2.45) is 0 Å². The third-order valence-corrected chi connectivity index (χ3v) is 7.84. The minimum absolute atomic E-state index is 0.0621. The van der Waals surface area contributed by atoms with Gasteiger partial charge in [-0.15, -0.1) is 11.3 Å². The highest BCUT2D eigenvalue weighted by molar-refractivity contribution is 7.91. The first-order chi connectivity index (χ1) is 14.9. The fourth-order valence-corrected chi connectivity index (χ4v) is 6.03. The van der Waals surface area contributed by atoms with Gasteiger partial charge in [0.15, 0.2) is 32.8 Å². The number of carbonyl (C=O) groups is 1. The van der Waals surface area contributed by atoms with E-state index in [4.69, 9.17) is 14.0 Å². The minimum Gasteiger partial charge on any atom is -0.493 e. The normalized spacial score (nSPS) is 17.4. The van der Waals surface area contributed by atoms with Gasteiger partial charge in [-0.3, -0.25) is 4.79 Å². The number of methoxy groups -OCH3 is 2. The molecule has 0 bridgehead atoms. The maximum absolute atomic E-state index is 13.4.